The second-order valence-electron chi connectivity index (χ2n) is 7.90. The zero-order valence-electron chi connectivity index (χ0n) is 15.2. The molecule has 0 aliphatic heterocycles. The number of rotatable bonds is 8. The van der Waals surface area contributed by atoms with Crippen molar-refractivity contribution in [2.45, 2.75) is 78.9 Å². The Morgan fingerprint density at radius 3 is 2.64 bits per heavy atom. The monoisotopic (exact) mass is 314 g/mol. The largest absolute Gasteiger partial charge is 0.461 e. The maximum atomic E-state index is 11.5. The van der Waals surface area contributed by atoms with Crippen LogP contribution in [0.5, 0.6) is 0 Å². The molecule has 130 valence electrons. The molecule has 0 spiro atoms. The van der Waals surface area contributed by atoms with Crippen molar-refractivity contribution in [3.8, 4) is 0 Å². The van der Waals surface area contributed by atoms with Gasteiger partial charge in [-0.05, 0) is 58.3 Å². The highest BCUT2D eigenvalue weighted by atomic mass is 16.6. The van der Waals surface area contributed by atoms with Crippen molar-refractivity contribution >= 4 is 5.97 Å². The van der Waals surface area contributed by atoms with Crippen LogP contribution < -0.4 is 0 Å². The SMILES string of the molecule is CCOCC(=O)OCC(C)(C)OC(C)C1CCCC(C)(C)C1. The lowest BCUT2D eigenvalue weighted by Crippen LogP contribution is -2.40. The molecule has 0 radical (unpaired) electrons. The van der Waals surface area contributed by atoms with E-state index in [9.17, 15) is 4.79 Å². The van der Waals surface area contributed by atoms with Gasteiger partial charge in [0.25, 0.3) is 0 Å². The van der Waals surface area contributed by atoms with Crippen molar-refractivity contribution in [1.29, 1.82) is 0 Å². The van der Waals surface area contributed by atoms with Gasteiger partial charge in [0.05, 0.1) is 11.7 Å². The molecule has 1 fully saturated rings. The zero-order valence-corrected chi connectivity index (χ0v) is 15.2. The highest BCUT2D eigenvalue weighted by Crippen LogP contribution is 2.41. The second-order valence-corrected chi connectivity index (χ2v) is 7.90. The standard InChI is InChI=1S/C18H34O4/c1-7-20-12-16(19)21-13-18(5,6)22-14(2)15-9-8-10-17(3,4)11-15/h14-15H,7-13H2,1-6H3. The molecular weight excluding hydrogens is 280 g/mol. The summed E-state index contributed by atoms with van der Waals surface area (Å²) in [6.07, 6.45) is 5.18. The molecule has 1 aliphatic carbocycles. The fraction of sp³-hybridized carbons (Fsp3) is 0.944. The third kappa shape index (κ3) is 7.10. The fourth-order valence-electron chi connectivity index (χ4n) is 3.27. The van der Waals surface area contributed by atoms with Crippen LogP contribution in [-0.2, 0) is 19.0 Å². The van der Waals surface area contributed by atoms with Crippen LogP contribution in [0.1, 0.15) is 67.2 Å². The highest BCUT2D eigenvalue weighted by molar-refractivity contribution is 5.70. The van der Waals surface area contributed by atoms with Crippen LogP contribution >= 0.6 is 0 Å². The van der Waals surface area contributed by atoms with E-state index in [1.807, 2.05) is 20.8 Å². The highest BCUT2D eigenvalue weighted by Gasteiger charge is 2.34. The van der Waals surface area contributed by atoms with Gasteiger partial charge >= 0.3 is 5.97 Å². The van der Waals surface area contributed by atoms with Crippen molar-refractivity contribution < 1.29 is 19.0 Å². The third-order valence-corrected chi connectivity index (χ3v) is 4.42. The van der Waals surface area contributed by atoms with Gasteiger partial charge in [-0.3, -0.25) is 0 Å². The Balaban J connectivity index is 2.40. The van der Waals surface area contributed by atoms with Crippen LogP contribution in [0.2, 0.25) is 0 Å². The summed E-state index contributed by atoms with van der Waals surface area (Å²) in [6.45, 7) is 13.4. The first-order chi connectivity index (χ1) is 10.2. The van der Waals surface area contributed by atoms with Gasteiger partial charge in [-0.1, -0.05) is 20.3 Å². The van der Waals surface area contributed by atoms with Crippen LogP contribution in [0.3, 0.4) is 0 Å². The molecule has 0 bridgehead atoms. The van der Waals surface area contributed by atoms with Crippen molar-refractivity contribution in [1.82, 2.24) is 0 Å². The first-order valence-electron chi connectivity index (χ1n) is 8.56. The molecule has 0 aromatic carbocycles. The van der Waals surface area contributed by atoms with Gasteiger partial charge in [0.15, 0.2) is 0 Å². The molecule has 0 aromatic rings. The van der Waals surface area contributed by atoms with E-state index in [-0.39, 0.29) is 25.3 Å². The van der Waals surface area contributed by atoms with Crippen molar-refractivity contribution in [2.75, 3.05) is 19.8 Å². The predicted molar refractivity (Wildman–Crippen MR) is 87.8 cm³/mol. The van der Waals surface area contributed by atoms with E-state index in [1.165, 1.54) is 25.7 Å². The number of ether oxygens (including phenoxy) is 3. The van der Waals surface area contributed by atoms with Crippen LogP contribution in [0, 0.1) is 11.3 Å². The summed E-state index contributed by atoms with van der Waals surface area (Å²) in [5.41, 5.74) is -0.0580. The maximum Gasteiger partial charge on any atom is 0.332 e. The van der Waals surface area contributed by atoms with E-state index in [2.05, 4.69) is 20.8 Å². The minimum Gasteiger partial charge on any atom is -0.461 e. The van der Waals surface area contributed by atoms with Crippen molar-refractivity contribution in [3.05, 3.63) is 0 Å². The molecule has 0 aromatic heterocycles. The summed E-state index contributed by atoms with van der Waals surface area (Å²) in [7, 11) is 0. The summed E-state index contributed by atoms with van der Waals surface area (Å²) in [4.78, 5) is 11.5. The third-order valence-electron chi connectivity index (χ3n) is 4.42. The molecule has 2 atom stereocenters. The van der Waals surface area contributed by atoms with Gasteiger partial charge in [0, 0.05) is 6.61 Å². The Morgan fingerprint density at radius 2 is 2.05 bits per heavy atom. The summed E-state index contributed by atoms with van der Waals surface area (Å²) >= 11 is 0. The molecule has 4 nitrogen and oxygen atoms in total. The van der Waals surface area contributed by atoms with Crippen LogP contribution in [0.25, 0.3) is 0 Å². The number of hydrogen-bond acceptors (Lipinski definition) is 4. The first-order valence-corrected chi connectivity index (χ1v) is 8.56. The van der Waals surface area contributed by atoms with E-state index < -0.39 is 5.60 Å². The summed E-state index contributed by atoms with van der Waals surface area (Å²) in [5, 5.41) is 0. The normalized spacial score (nSPS) is 23.1. The van der Waals surface area contributed by atoms with Gasteiger partial charge in [-0.2, -0.15) is 0 Å². The minimum absolute atomic E-state index is 0.0128. The zero-order chi connectivity index (χ0) is 16.8. The average Bonchev–Trinajstić information content (AvgIpc) is 2.41. The number of hydrogen-bond donors (Lipinski definition) is 0. The van der Waals surface area contributed by atoms with Gasteiger partial charge in [0.1, 0.15) is 13.2 Å². The van der Waals surface area contributed by atoms with E-state index >= 15 is 0 Å². The molecule has 0 saturated heterocycles. The summed E-state index contributed by atoms with van der Waals surface area (Å²) in [6, 6.07) is 0. The Labute approximate surface area is 135 Å². The summed E-state index contributed by atoms with van der Waals surface area (Å²) in [5.74, 6) is 0.257. The van der Waals surface area contributed by atoms with Crippen LogP contribution in [0.4, 0.5) is 0 Å². The number of esters is 1. The molecule has 0 N–H and O–H groups in total. The lowest BCUT2D eigenvalue weighted by molar-refractivity contribution is -0.166. The topological polar surface area (TPSA) is 44.8 Å². The maximum absolute atomic E-state index is 11.5. The molecule has 1 rings (SSSR count). The molecule has 1 aliphatic rings. The molecule has 22 heavy (non-hydrogen) atoms. The minimum atomic E-state index is -0.469. The van der Waals surface area contributed by atoms with Gasteiger partial charge in [-0.15, -0.1) is 0 Å². The Bertz CT molecular complexity index is 349. The molecule has 4 heteroatoms. The van der Waals surface area contributed by atoms with E-state index in [1.54, 1.807) is 0 Å². The van der Waals surface area contributed by atoms with E-state index in [0.717, 1.165) is 0 Å². The Hall–Kier alpha value is -0.610. The molecular formula is C18H34O4. The quantitative estimate of drug-likeness (QED) is 0.636. The van der Waals surface area contributed by atoms with Crippen molar-refractivity contribution in [3.63, 3.8) is 0 Å². The lowest BCUT2D eigenvalue weighted by Gasteiger charge is -2.40. The molecule has 2 unspecified atom stereocenters. The van der Waals surface area contributed by atoms with Gasteiger partial charge < -0.3 is 14.2 Å². The van der Waals surface area contributed by atoms with Crippen LogP contribution in [0.15, 0.2) is 0 Å². The number of carbonyl (C=O) groups excluding carboxylic acids is 1. The van der Waals surface area contributed by atoms with Crippen LogP contribution in [-0.4, -0.2) is 37.5 Å². The molecule has 0 heterocycles. The van der Waals surface area contributed by atoms with Crippen molar-refractivity contribution in [2.24, 2.45) is 11.3 Å². The van der Waals surface area contributed by atoms with E-state index in [0.29, 0.717) is 17.9 Å². The van der Waals surface area contributed by atoms with E-state index in [4.69, 9.17) is 14.2 Å². The predicted octanol–water partition coefficient (Wildman–Crippen LogP) is 3.97. The molecule has 1 saturated carbocycles. The Morgan fingerprint density at radius 1 is 1.36 bits per heavy atom. The smallest absolute Gasteiger partial charge is 0.332 e. The van der Waals surface area contributed by atoms with Gasteiger partial charge in [0.2, 0.25) is 0 Å². The number of carbonyl (C=O) groups is 1. The van der Waals surface area contributed by atoms with Gasteiger partial charge in [-0.25, -0.2) is 4.79 Å². The summed E-state index contributed by atoms with van der Waals surface area (Å²) < 4.78 is 16.5. The Kier molecular flexibility index (Phi) is 7.33. The molecule has 0 amide bonds. The first kappa shape index (κ1) is 19.4. The fourth-order valence-corrected chi connectivity index (χ4v) is 3.27. The lowest BCUT2D eigenvalue weighted by atomic mass is 9.71. The average molecular weight is 314 g/mol. The second kappa shape index (κ2) is 8.30.